The number of aliphatic imine (C=N–C) groups is 1. The molecule has 7 heteroatoms. The van der Waals surface area contributed by atoms with E-state index in [1.807, 2.05) is 57.8 Å². The van der Waals surface area contributed by atoms with Gasteiger partial charge in [-0.25, -0.2) is 0 Å². The first-order valence-electron chi connectivity index (χ1n) is 10.9. The van der Waals surface area contributed by atoms with Crippen LogP contribution in [0.5, 0.6) is 0 Å². The van der Waals surface area contributed by atoms with Gasteiger partial charge in [0.25, 0.3) is 0 Å². The standard InChI is InChI=1S/C23H38ClN5O/c1-6-25-22(28(5)17-21(30)27-23(2,3)4)26-15-18-11-13-29(14-12-18)16-19-9-7-8-10-20(19)24/h7-10,18H,6,11-17H2,1-5H3,(H,25,26)(H,27,30). The van der Waals surface area contributed by atoms with E-state index in [1.165, 1.54) is 5.56 Å². The van der Waals surface area contributed by atoms with Crippen molar-refractivity contribution in [3.63, 3.8) is 0 Å². The van der Waals surface area contributed by atoms with Gasteiger partial charge in [0.1, 0.15) is 0 Å². The predicted octanol–water partition coefficient (Wildman–Crippen LogP) is 3.36. The highest BCUT2D eigenvalue weighted by Crippen LogP contribution is 2.22. The van der Waals surface area contributed by atoms with E-state index in [9.17, 15) is 4.79 Å². The quantitative estimate of drug-likeness (QED) is 0.509. The fourth-order valence-corrected chi connectivity index (χ4v) is 3.82. The van der Waals surface area contributed by atoms with Gasteiger partial charge in [-0.3, -0.25) is 14.7 Å². The summed E-state index contributed by atoms with van der Waals surface area (Å²) in [6.07, 6.45) is 2.25. The summed E-state index contributed by atoms with van der Waals surface area (Å²) in [4.78, 5) is 21.4. The lowest BCUT2D eigenvalue weighted by Gasteiger charge is -2.32. The molecule has 1 fully saturated rings. The number of likely N-dealkylation sites (tertiary alicyclic amines) is 1. The average molecular weight is 436 g/mol. The van der Waals surface area contributed by atoms with Gasteiger partial charge in [0.05, 0.1) is 6.54 Å². The molecule has 1 aliphatic rings. The highest BCUT2D eigenvalue weighted by molar-refractivity contribution is 6.31. The largest absolute Gasteiger partial charge is 0.357 e. The topological polar surface area (TPSA) is 60.0 Å². The molecule has 1 saturated heterocycles. The monoisotopic (exact) mass is 435 g/mol. The minimum atomic E-state index is -0.231. The molecule has 1 aromatic carbocycles. The number of rotatable bonds is 7. The molecule has 168 valence electrons. The van der Waals surface area contributed by atoms with Gasteiger partial charge in [0.2, 0.25) is 5.91 Å². The maximum absolute atomic E-state index is 12.2. The SMILES string of the molecule is CCNC(=NCC1CCN(Cc2ccccc2Cl)CC1)N(C)CC(=O)NC(C)(C)C. The molecule has 6 nitrogen and oxygen atoms in total. The summed E-state index contributed by atoms with van der Waals surface area (Å²) in [7, 11) is 1.91. The van der Waals surface area contributed by atoms with Crippen molar-refractivity contribution in [3.05, 3.63) is 34.9 Å². The zero-order valence-electron chi connectivity index (χ0n) is 19.2. The molecule has 1 aliphatic heterocycles. The Morgan fingerprint density at radius 2 is 1.93 bits per heavy atom. The summed E-state index contributed by atoms with van der Waals surface area (Å²) < 4.78 is 0. The first kappa shape index (κ1) is 24.5. The highest BCUT2D eigenvalue weighted by atomic mass is 35.5. The molecular weight excluding hydrogens is 398 g/mol. The van der Waals surface area contributed by atoms with Crippen molar-refractivity contribution >= 4 is 23.5 Å². The lowest BCUT2D eigenvalue weighted by atomic mass is 9.96. The number of hydrogen-bond donors (Lipinski definition) is 2. The number of likely N-dealkylation sites (N-methyl/N-ethyl adjacent to an activating group) is 1. The Labute approximate surface area is 187 Å². The minimum Gasteiger partial charge on any atom is -0.357 e. The van der Waals surface area contributed by atoms with Gasteiger partial charge < -0.3 is 15.5 Å². The molecule has 0 aliphatic carbocycles. The van der Waals surface area contributed by atoms with Crippen molar-refractivity contribution in [2.45, 2.75) is 52.6 Å². The van der Waals surface area contributed by atoms with Crippen LogP contribution in [0.1, 0.15) is 46.1 Å². The molecular formula is C23H38ClN5O. The van der Waals surface area contributed by atoms with E-state index < -0.39 is 0 Å². The molecule has 1 heterocycles. The maximum atomic E-state index is 12.2. The van der Waals surface area contributed by atoms with Crippen LogP contribution in [0.2, 0.25) is 5.02 Å². The smallest absolute Gasteiger partial charge is 0.240 e. The summed E-state index contributed by atoms with van der Waals surface area (Å²) in [6.45, 7) is 12.9. The third kappa shape index (κ3) is 8.52. The van der Waals surface area contributed by atoms with Crippen LogP contribution in [0.3, 0.4) is 0 Å². The Morgan fingerprint density at radius 1 is 1.27 bits per heavy atom. The molecule has 30 heavy (non-hydrogen) atoms. The zero-order valence-corrected chi connectivity index (χ0v) is 19.9. The lowest BCUT2D eigenvalue weighted by molar-refractivity contribution is -0.122. The number of amides is 1. The predicted molar refractivity (Wildman–Crippen MR) is 126 cm³/mol. The number of nitrogens with zero attached hydrogens (tertiary/aromatic N) is 3. The zero-order chi connectivity index (χ0) is 22.1. The summed E-state index contributed by atoms with van der Waals surface area (Å²) >= 11 is 6.30. The van der Waals surface area contributed by atoms with Crippen molar-refractivity contribution in [1.29, 1.82) is 0 Å². The molecule has 1 aromatic rings. The number of nitrogens with one attached hydrogen (secondary N) is 2. The molecule has 0 aromatic heterocycles. The fourth-order valence-electron chi connectivity index (χ4n) is 3.63. The first-order chi connectivity index (χ1) is 14.2. The summed E-state index contributed by atoms with van der Waals surface area (Å²) in [5.41, 5.74) is 0.964. The van der Waals surface area contributed by atoms with Crippen LogP contribution >= 0.6 is 11.6 Å². The van der Waals surface area contributed by atoms with Gasteiger partial charge >= 0.3 is 0 Å². The van der Waals surface area contributed by atoms with E-state index in [2.05, 4.69) is 21.6 Å². The number of piperidine rings is 1. The Kier molecular flexibility index (Phi) is 9.43. The molecule has 1 amide bonds. The van der Waals surface area contributed by atoms with Crippen LogP contribution in [-0.2, 0) is 11.3 Å². The Bertz CT molecular complexity index is 708. The van der Waals surface area contributed by atoms with E-state index in [-0.39, 0.29) is 11.4 Å². The molecule has 0 atom stereocenters. The molecule has 0 unspecified atom stereocenters. The van der Waals surface area contributed by atoms with Gasteiger partial charge in [0.15, 0.2) is 5.96 Å². The Hall–Kier alpha value is -1.79. The second kappa shape index (κ2) is 11.6. The van der Waals surface area contributed by atoms with Gasteiger partial charge in [-0.2, -0.15) is 0 Å². The normalized spacial score (nSPS) is 16.4. The second-order valence-electron chi connectivity index (χ2n) is 9.16. The number of halogens is 1. The number of hydrogen-bond acceptors (Lipinski definition) is 3. The van der Waals surface area contributed by atoms with Crippen LogP contribution in [-0.4, -0.2) is 67.0 Å². The Morgan fingerprint density at radius 3 is 2.53 bits per heavy atom. The van der Waals surface area contributed by atoms with E-state index in [0.717, 1.165) is 56.5 Å². The van der Waals surface area contributed by atoms with E-state index in [0.29, 0.717) is 12.5 Å². The summed E-state index contributed by atoms with van der Waals surface area (Å²) in [5.74, 6) is 1.36. The molecule has 2 rings (SSSR count). The van der Waals surface area contributed by atoms with Crippen molar-refractivity contribution in [2.24, 2.45) is 10.9 Å². The number of benzene rings is 1. The average Bonchev–Trinajstić information content (AvgIpc) is 2.66. The fraction of sp³-hybridized carbons (Fsp3) is 0.652. The van der Waals surface area contributed by atoms with Crippen LogP contribution in [0.25, 0.3) is 0 Å². The lowest BCUT2D eigenvalue weighted by Crippen LogP contribution is -2.49. The highest BCUT2D eigenvalue weighted by Gasteiger charge is 2.21. The van der Waals surface area contributed by atoms with Gasteiger partial charge in [-0.15, -0.1) is 0 Å². The number of guanidine groups is 1. The van der Waals surface area contributed by atoms with E-state index >= 15 is 0 Å². The van der Waals surface area contributed by atoms with Crippen molar-refractivity contribution in [3.8, 4) is 0 Å². The number of carbonyl (C=O) groups is 1. The van der Waals surface area contributed by atoms with Crippen LogP contribution in [0, 0.1) is 5.92 Å². The van der Waals surface area contributed by atoms with Gasteiger partial charge in [-0.05, 0) is 71.2 Å². The molecule has 0 radical (unpaired) electrons. The van der Waals surface area contributed by atoms with E-state index in [1.54, 1.807) is 0 Å². The minimum absolute atomic E-state index is 0.00323. The van der Waals surface area contributed by atoms with E-state index in [4.69, 9.17) is 16.6 Å². The van der Waals surface area contributed by atoms with Crippen molar-refractivity contribution < 1.29 is 4.79 Å². The third-order valence-electron chi connectivity index (χ3n) is 5.15. The van der Waals surface area contributed by atoms with Crippen LogP contribution in [0.4, 0.5) is 0 Å². The molecule has 0 bridgehead atoms. The molecule has 0 saturated carbocycles. The third-order valence-corrected chi connectivity index (χ3v) is 5.52. The number of carbonyl (C=O) groups excluding carboxylic acids is 1. The van der Waals surface area contributed by atoms with Crippen molar-refractivity contribution in [1.82, 2.24) is 20.4 Å². The molecule has 0 spiro atoms. The Balaban J connectivity index is 1.83. The summed E-state index contributed by atoms with van der Waals surface area (Å²) in [6, 6.07) is 8.08. The van der Waals surface area contributed by atoms with Crippen LogP contribution < -0.4 is 10.6 Å². The second-order valence-corrected chi connectivity index (χ2v) is 9.57. The van der Waals surface area contributed by atoms with Gasteiger partial charge in [-0.1, -0.05) is 29.8 Å². The van der Waals surface area contributed by atoms with Crippen LogP contribution in [0.15, 0.2) is 29.3 Å². The first-order valence-corrected chi connectivity index (χ1v) is 11.3. The summed E-state index contributed by atoms with van der Waals surface area (Å²) in [5, 5.41) is 7.16. The molecule has 2 N–H and O–H groups in total. The van der Waals surface area contributed by atoms with Crippen molar-refractivity contribution in [2.75, 3.05) is 39.8 Å². The maximum Gasteiger partial charge on any atom is 0.240 e. The van der Waals surface area contributed by atoms with Gasteiger partial charge in [0, 0.05) is 37.2 Å².